The Labute approximate surface area is 113 Å². The molecule has 2 aromatic rings. The summed E-state index contributed by atoms with van der Waals surface area (Å²) in [6, 6.07) is 6.20. The number of nitrogens with zero attached hydrogens (tertiary/aromatic N) is 2. The number of hydrogen-bond acceptors (Lipinski definition) is 3. The van der Waals surface area contributed by atoms with Crippen molar-refractivity contribution < 1.29 is 0 Å². The number of pyridine rings is 1. The predicted octanol–water partition coefficient (Wildman–Crippen LogP) is 3.44. The van der Waals surface area contributed by atoms with Gasteiger partial charge in [-0.1, -0.05) is 6.07 Å². The summed E-state index contributed by atoms with van der Waals surface area (Å²) in [6.07, 6.45) is 1.65. The molecule has 3 heteroatoms. The molecule has 0 unspecified atom stereocenters. The Morgan fingerprint density at radius 3 is 2.21 bits per heavy atom. The lowest BCUT2D eigenvalue weighted by Gasteiger charge is -2.16. The zero-order chi connectivity index (χ0) is 14.2. The Balaban J connectivity index is 2.88. The largest absolute Gasteiger partial charge is 0.383 e. The number of rotatable bonds is 1. The Morgan fingerprint density at radius 2 is 1.68 bits per heavy atom. The van der Waals surface area contributed by atoms with Crippen LogP contribution in [-0.4, -0.2) is 4.98 Å². The summed E-state index contributed by atoms with van der Waals surface area (Å²) in [7, 11) is 0. The fourth-order valence-corrected chi connectivity index (χ4v) is 2.42. The number of nitriles is 1. The number of hydrogen-bond donors (Lipinski definition) is 1. The zero-order valence-electron chi connectivity index (χ0n) is 11.7. The minimum Gasteiger partial charge on any atom is -0.383 e. The van der Waals surface area contributed by atoms with Crippen molar-refractivity contribution in [2.24, 2.45) is 0 Å². The molecular formula is C16H17N3. The highest BCUT2D eigenvalue weighted by Gasteiger charge is 2.15. The van der Waals surface area contributed by atoms with Crippen LogP contribution < -0.4 is 5.73 Å². The van der Waals surface area contributed by atoms with E-state index in [4.69, 9.17) is 5.73 Å². The summed E-state index contributed by atoms with van der Waals surface area (Å²) in [4.78, 5) is 4.00. The van der Waals surface area contributed by atoms with Gasteiger partial charge in [0.1, 0.15) is 17.5 Å². The molecule has 0 amide bonds. The fourth-order valence-electron chi connectivity index (χ4n) is 2.42. The molecule has 0 atom stereocenters. The number of aromatic nitrogens is 1. The molecule has 96 valence electrons. The van der Waals surface area contributed by atoms with E-state index >= 15 is 0 Å². The molecule has 0 saturated carbocycles. The van der Waals surface area contributed by atoms with Gasteiger partial charge in [0.25, 0.3) is 0 Å². The maximum atomic E-state index is 9.31. The van der Waals surface area contributed by atoms with E-state index in [0.717, 1.165) is 11.1 Å². The van der Waals surface area contributed by atoms with Crippen LogP contribution in [0.15, 0.2) is 18.3 Å². The summed E-state index contributed by atoms with van der Waals surface area (Å²) in [5.74, 6) is 0.290. The van der Waals surface area contributed by atoms with Crippen molar-refractivity contribution in [1.82, 2.24) is 4.98 Å². The molecule has 0 saturated heterocycles. The van der Waals surface area contributed by atoms with E-state index < -0.39 is 0 Å². The summed E-state index contributed by atoms with van der Waals surface area (Å²) < 4.78 is 0. The summed E-state index contributed by atoms with van der Waals surface area (Å²) in [5.41, 5.74) is 13.1. The van der Waals surface area contributed by atoms with Crippen molar-refractivity contribution >= 4 is 5.82 Å². The summed E-state index contributed by atoms with van der Waals surface area (Å²) in [6.45, 7) is 8.33. The van der Waals surface area contributed by atoms with Crippen LogP contribution in [0, 0.1) is 39.0 Å². The lowest BCUT2D eigenvalue weighted by molar-refractivity contribution is 1.23. The number of aryl methyl sites for hydroxylation is 2. The normalized spacial score (nSPS) is 10.3. The van der Waals surface area contributed by atoms with Crippen molar-refractivity contribution in [3.05, 3.63) is 46.1 Å². The highest BCUT2D eigenvalue weighted by Crippen LogP contribution is 2.34. The molecule has 0 spiro atoms. The van der Waals surface area contributed by atoms with Crippen LogP contribution in [0.5, 0.6) is 0 Å². The van der Waals surface area contributed by atoms with Crippen LogP contribution in [-0.2, 0) is 0 Å². The molecule has 1 aromatic carbocycles. The van der Waals surface area contributed by atoms with Crippen LogP contribution in [0.3, 0.4) is 0 Å². The highest BCUT2D eigenvalue weighted by molar-refractivity contribution is 5.80. The third kappa shape index (κ3) is 2.06. The van der Waals surface area contributed by atoms with Gasteiger partial charge < -0.3 is 5.73 Å². The SMILES string of the molecule is Cc1cc(C)c(C)c(-c2ccnc(N)c2C#N)c1C. The first-order chi connectivity index (χ1) is 8.97. The van der Waals surface area contributed by atoms with Gasteiger partial charge in [0.05, 0.1) is 0 Å². The Kier molecular flexibility index (Phi) is 3.26. The molecule has 0 aliphatic carbocycles. The molecule has 19 heavy (non-hydrogen) atoms. The lowest BCUT2D eigenvalue weighted by Crippen LogP contribution is -2.01. The van der Waals surface area contributed by atoms with Gasteiger partial charge in [0.2, 0.25) is 0 Å². The Morgan fingerprint density at radius 1 is 1.11 bits per heavy atom. The van der Waals surface area contributed by atoms with E-state index in [0.29, 0.717) is 5.56 Å². The minimum absolute atomic E-state index is 0.290. The number of benzene rings is 1. The predicted molar refractivity (Wildman–Crippen MR) is 77.7 cm³/mol. The molecule has 0 aliphatic rings. The van der Waals surface area contributed by atoms with Gasteiger partial charge in [-0.2, -0.15) is 5.26 Å². The average Bonchev–Trinajstić information content (AvgIpc) is 2.37. The average molecular weight is 251 g/mol. The molecule has 0 bridgehead atoms. The first-order valence-electron chi connectivity index (χ1n) is 6.19. The van der Waals surface area contributed by atoms with Gasteiger partial charge >= 0.3 is 0 Å². The highest BCUT2D eigenvalue weighted by atomic mass is 14.8. The topological polar surface area (TPSA) is 62.7 Å². The van der Waals surface area contributed by atoms with E-state index in [1.165, 1.54) is 22.3 Å². The van der Waals surface area contributed by atoms with E-state index in [1.807, 2.05) is 6.07 Å². The molecular weight excluding hydrogens is 234 g/mol. The quantitative estimate of drug-likeness (QED) is 0.844. The second-order valence-electron chi connectivity index (χ2n) is 4.87. The monoisotopic (exact) mass is 251 g/mol. The van der Waals surface area contributed by atoms with Crippen molar-refractivity contribution in [2.75, 3.05) is 5.73 Å². The third-order valence-electron chi connectivity index (χ3n) is 3.73. The lowest BCUT2D eigenvalue weighted by atomic mass is 9.88. The second kappa shape index (κ2) is 4.74. The van der Waals surface area contributed by atoms with Gasteiger partial charge in [-0.05, 0) is 61.6 Å². The molecule has 3 nitrogen and oxygen atoms in total. The van der Waals surface area contributed by atoms with Gasteiger partial charge in [-0.25, -0.2) is 4.98 Å². The van der Waals surface area contributed by atoms with Crippen LogP contribution in [0.1, 0.15) is 27.8 Å². The minimum atomic E-state index is 0.290. The van der Waals surface area contributed by atoms with Gasteiger partial charge in [0.15, 0.2) is 0 Å². The van der Waals surface area contributed by atoms with Crippen molar-refractivity contribution in [1.29, 1.82) is 5.26 Å². The van der Waals surface area contributed by atoms with Crippen LogP contribution >= 0.6 is 0 Å². The molecule has 0 aliphatic heterocycles. The van der Waals surface area contributed by atoms with Gasteiger partial charge in [-0.15, -0.1) is 0 Å². The zero-order valence-corrected chi connectivity index (χ0v) is 11.7. The van der Waals surface area contributed by atoms with Crippen molar-refractivity contribution in [3.8, 4) is 17.2 Å². The van der Waals surface area contributed by atoms with Crippen molar-refractivity contribution in [2.45, 2.75) is 27.7 Å². The first kappa shape index (κ1) is 13.1. The molecule has 1 heterocycles. The Bertz CT molecular complexity index is 668. The van der Waals surface area contributed by atoms with E-state index in [-0.39, 0.29) is 5.82 Å². The summed E-state index contributed by atoms with van der Waals surface area (Å²) in [5, 5.41) is 9.31. The van der Waals surface area contributed by atoms with E-state index in [1.54, 1.807) is 6.20 Å². The first-order valence-corrected chi connectivity index (χ1v) is 6.19. The smallest absolute Gasteiger partial charge is 0.141 e. The van der Waals surface area contributed by atoms with Crippen LogP contribution in [0.2, 0.25) is 0 Å². The molecule has 0 radical (unpaired) electrons. The van der Waals surface area contributed by atoms with Gasteiger partial charge in [0, 0.05) is 11.8 Å². The summed E-state index contributed by atoms with van der Waals surface area (Å²) >= 11 is 0. The maximum Gasteiger partial charge on any atom is 0.141 e. The number of nitrogen functional groups attached to an aromatic ring is 1. The standard InChI is InChI=1S/C16H17N3/c1-9-7-10(2)12(4)15(11(9)3)13-5-6-19-16(18)14(13)8-17/h5-7H,1-4H3,(H2,18,19). The maximum absolute atomic E-state index is 9.31. The van der Waals surface area contributed by atoms with E-state index in [2.05, 4.69) is 44.8 Å². The molecule has 0 fully saturated rings. The number of nitrogens with two attached hydrogens (primary N) is 1. The number of anilines is 1. The fraction of sp³-hybridized carbons (Fsp3) is 0.250. The molecule has 2 N–H and O–H groups in total. The second-order valence-corrected chi connectivity index (χ2v) is 4.87. The third-order valence-corrected chi connectivity index (χ3v) is 3.73. The van der Waals surface area contributed by atoms with Crippen molar-refractivity contribution in [3.63, 3.8) is 0 Å². The van der Waals surface area contributed by atoms with E-state index in [9.17, 15) is 5.26 Å². The molecule has 1 aromatic heterocycles. The van der Waals surface area contributed by atoms with Crippen LogP contribution in [0.25, 0.3) is 11.1 Å². The van der Waals surface area contributed by atoms with Gasteiger partial charge in [-0.3, -0.25) is 0 Å². The van der Waals surface area contributed by atoms with Crippen LogP contribution in [0.4, 0.5) is 5.82 Å². The molecule has 2 rings (SSSR count). The Hall–Kier alpha value is -2.34.